The molecule has 0 aromatic heterocycles. The van der Waals surface area contributed by atoms with Crippen molar-refractivity contribution in [2.75, 3.05) is 40.0 Å². The second-order valence-corrected chi connectivity index (χ2v) is 8.86. The predicted octanol–water partition coefficient (Wildman–Crippen LogP) is 0.178. The summed E-state index contributed by atoms with van der Waals surface area (Å²) in [7, 11) is -2.61. The monoisotopic (exact) mass is 442 g/mol. The highest BCUT2D eigenvalue weighted by Gasteiger charge is 2.29. The van der Waals surface area contributed by atoms with Gasteiger partial charge in [0.15, 0.2) is 6.61 Å². The highest BCUT2D eigenvalue weighted by Crippen LogP contribution is 2.18. The van der Waals surface area contributed by atoms with E-state index in [0.717, 1.165) is 7.11 Å². The second-order valence-electron chi connectivity index (χ2n) is 6.92. The Bertz CT molecular complexity index is 878. The summed E-state index contributed by atoms with van der Waals surface area (Å²) in [4.78, 5) is 36.1. The topological polar surface area (TPSA) is 128 Å². The van der Waals surface area contributed by atoms with Crippen LogP contribution in [0.5, 0.6) is 0 Å². The molecule has 2 rings (SSSR count). The molecule has 0 bridgehead atoms. The SMILES string of the molecule is COC(=O)COC(=O)[C@@H](NC(=O)c1cccc(S(=O)(=O)N2CCOCC2)c1)C(C)C. The number of nitrogens with zero attached hydrogens (tertiary/aromatic N) is 1. The van der Waals surface area contributed by atoms with Crippen molar-refractivity contribution in [3.63, 3.8) is 0 Å². The number of methoxy groups -OCH3 is 1. The van der Waals surface area contributed by atoms with Crippen LogP contribution in [0.15, 0.2) is 29.2 Å². The molecule has 166 valence electrons. The molecular weight excluding hydrogens is 416 g/mol. The Morgan fingerprint density at radius 3 is 2.47 bits per heavy atom. The van der Waals surface area contributed by atoms with Crippen molar-refractivity contribution in [2.24, 2.45) is 5.92 Å². The third-order valence-electron chi connectivity index (χ3n) is 4.47. The molecule has 1 aliphatic rings. The van der Waals surface area contributed by atoms with E-state index in [9.17, 15) is 22.8 Å². The first-order chi connectivity index (χ1) is 14.2. The van der Waals surface area contributed by atoms with Gasteiger partial charge in [0.25, 0.3) is 5.91 Å². The van der Waals surface area contributed by atoms with Crippen LogP contribution in [0.2, 0.25) is 0 Å². The molecule has 1 heterocycles. The van der Waals surface area contributed by atoms with Crippen molar-refractivity contribution in [1.29, 1.82) is 0 Å². The molecule has 0 radical (unpaired) electrons. The summed E-state index contributed by atoms with van der Waals surface area (Å²) in [6, 6.07) is 4.55. The molecule has 10 nitrogen and oxygen atoms in total. The Labute approximate surface area is 175 Å². The average molecular weight is 442 g/mol. The fraction of sp³-hybridized carbons (Fsp3) is 0.526. The molecular formula is C19H26N2O8S. The fourth-order valence-corrected chi connectivity index (χ4v) is 4.19. The number of nitrogens with one attached hydrogen (secondary N) is 1. The van der Waals surface area contributed by atoms with Crippen LogP contribution in [0.25, 0.3) is 0 Å². The maximum absolute atomic E-state index is 12.8. The number of rotatable bonds is 8. The highest BCUT2D eigenvalue weighted by molar-refractivity contribution is 7.89. The summed E-state index contributed by atoms with van der Waals surface area (Å²) in [5.74, 6) is -2.49. The molecule has 1 aliphatic heterocycles. The molecule has 1 fully saturated rings. The van der Waals surface area contributed by atoms with Crippen LogP contribution in [0.1, 0.15) is 24.2 Å². The van der Waals surface area contributed by atoms with Gasteiger partial charge in [0, 0.05) is 18.7 Å². The Balaban J connectivity index is 2.14. The van der Waals surface area contributed by atoms with Crippen LogP contribution >= 0.6 is 0 Å². The van der Waals surface area contributed by atoms with Crippen LogP contribution in [-0.2, 0) is 33.8 Å². The summed E-state index contributed by atoms with van der Waals surface area (Å²) in [5, 5.41) is 2.54. The summed E-state index contributed by atoms with van der Waals surface area (Å²) in [6.45, 7) is 3.92. The van der Waals surface area contributed by atoms with Gasteiger partial charge in [-0.3, -0.25) is 4.79 Å². The van der Waals surface area contributed by atoms with E-state index in [1.807, 2.05) is 0 Å². The largest absolute Gasteiger partial charge is 0.466 e. The van der Waals surface area contributed by atoms with Gasteiger partial charge in [-0.05, 0) is 24.1 Å². The van der Waals surface area contributed by atoms with Crippen molar-refractivity contribution in [1.82, 2.24) is 9.62 Å². The van der Waals surface area contributed by atoms with Gasteiger partial charge in [-0.2, -0.15) is 4.31 Å². The van der Waals surface area contributed by atoms with Crippen LogP contribution in [0.3, 0.4) is 0 Å². The number of ether oxygens (including phenoxy) is 3. The van der Waals surface area contributed by atoms with Crippen molar-refractivity contribution in [3.8, 4) is 0 Å². The Morgan fingerprint density at radius 2 is 1.87 bits per heavy atom. The zero-order chi connectivity index (χ0) is 22.3. The first kappa shape index (κ1) is 23.8. The number of hydrogen-bond acceptors (Lipinski definition) is 8. The molecule has 0 aliphatic carbocycles. The molecule has 1 atom stereocenters. The molecule has 0 unspecified atom stereocenters. The van der Waals surface area contributed by atoms with Gasteiger partial charge in [0.2, 0.25) is 10.0 Å². The Morgan fingerprint density at radius 1 is 1.20 bits per heavy atom. The summed E-state index contributed by atoms with van der Waals surface area (Å²) < 4.78 is 41.4. The van der Waals surface area contributed by atoms with E-state index < -0.39 is 40.5 Å². The molecule has 0 spiro atoms. The summed E-state index contributed by atoms with van der Waals surface area (Å²) >= 11 is 0. The summed E-state index contributed by atoms with van der Waals surface area (Å²) in [5.41, 5.74) is 0.0794. The van der Waals surface area contributed by atoms with E-state index in [0.29, 0.717) is 13.2 Å². The van der Waals surface area contributed by atoms with Crippen molar-refractivity contribution < 1.29 is 37.0 Å². The molecule has 11 heteroatoms. The van der Waals surface area contributed by atoms with Crippen LogP contribution in [0, 0.1) is 5.92 Å². The van der Waals surface area contributed by atoms with E-state index in [1.165, 1.54) is 28.6 Å². The predicted molar refractivity (Wildman–Crippen MR) is 105 cm³/mol. The third kappa shape index (κ3) is 6.00. The number of morpholine rings is 1. The minimum Gasteiger partial charge on any atom is -0.466 e. The van der Waals surface area contributed by atoms with Crippen molar-refractivity contribution >= 4 is 27.9 Å². The lowest BCUT2D eigenvalue weighted by atomic mass is 10.0. The van der Waals surface area contributed by atoms with E-state index in [4.69, 9.17) is 9.47 Å². The lowest BCUT2D eigenvalue weighted by molar-refractivity contribution is -0.158. The van der Waals surface area contributed by atoms with Gasteiger partial charge in [-0.1, -0.05) is 19.9 Å². The second kappa shape index (κ2) is 10.5. The maximum Gasteiger partial charge on any atom is 0.344 e. The van der Waals surface area contributed by atoms with E-state index in [1.54, 1.807) is 13.8 Å². The van der Waals surface area contributed by atoms with Crippen molar-refractivity contribution in [2.45, 2.75) is 24.8 Å². The zero-order valence-electron chi connectivity index (χ0n) is 17.1. The molecule has 30 heavy (non-hydrogen) atoms. The lowest BCUT2D eigenvalue weighted by Crippen LogP contribution is -2.45. The normalized spacial score (nSPS) is 16.0. The van der Waals surface area contributed by atoms with Gasteiger partial charge in [0.1, 0.15) is 6.04 Å². The zero-order valence-corrected chi connectivity index (χ0v) is 17.9. The minimum absolute atomic E-state index is 0.0218. The number of hydrogen-bond donors (Lipinski definition) is 1. The van der Waals surface area contributed by atoms with Gasteiger partial charge in [-0.15, -0.1) is 0 Å². The minimum atomic E-state index is -3.77. The fourth-order valence-electron chi connectivity index (χ4n) is 2.73. The third-order valence-corrected chi connectivity index (χ3v) is 6.37. The standard InChI is InChI=1S/C19H26N2O8S/c1-13(2)17(19(24)29-12-16(22)27-3)20-18(23)14-5-4-6-15(11-14)30(25,26)21-7-9-28-10-8-21/h4-6,11,13,17H,7-10,12H2,1-3H3,(H,20,23)/t17-/m0/s1. The van der Waals surface area contributed by atoms with Gasteiger partial charge in [-0.25, -0.2) is 18.0 Å². The number of esters is 2. The quantitative estimate of drug-likeness (QED) is 0.565. The van der Waals surface area contributed by atoms with Crippen LogP contribution in [-0.4, -0.2) is 76.6 Å². The first-order valence-corrected chi connectivity index (χ1v) is 10.8. The van der Waals surface area contributed by atoms with Crippen molar-refractivity contribution in [3.05, 3.63) is 29.8 Å². The molecule has 1 saturated heterocycles. The Hall–Kier alpha value is -2.50. The molecule has 1 amide bonds. The molecule has 1 aromatic rings. The molecule has 1 aromatic carbocycles. The number of carbonyl (C=O) groups excluding carboxylic acids is 3. The van der Waals surface area contributed by atoms with E-state index in [-0.39, 0.29) is 29.5 Å². The average Bonchev–Trinajstić information content (AvgIpc) is 2.75. The van der Waals surface area contributed by atoms with Gasteiger partial charge >= 0.3 is 11.9 Å². The van der Waals surface area contributed by atoms with Crippen LogP contribution in [0.4, 0.5) is 0 Å². The van der Waals surface area contributed by atoms with E-state index >= 15 is 0 Å². The lowest BCUT2D eigenvalue weighted by Gasteiger charge is -2.26. The number of carbonyl (C=O) groups is 3. The van der Waals surface area contributed by atoms with Gasteiger partial charge in [0.05, 0.1) is 25.2 Å². The summed E-state index contributed by atoms with van der Waals surface area (Å²) in [6.07, 6.45) is 0. The number of sulfonamides is 1. The molecule has 1 N–H and O–H groups in total. The highest BCUT2D eigenvalue weighted by atomic mass is 32.2. The maximum atomic E-state index is 12.8. The van der Waals surface area contributed by atoms with E-state index in [2.05, 4.69) is 10.1 Å². The number of benzene rings is 1. The Kier molecular flexibility index (Phi) is 8.33. The van der Waals surface area contributed by atoms with Gasteiger partial charge < -0.3 is 19.5 Å². The van der Waals surface area contributed by atoms with Crippen LogP contribution < -0.4 is 5.32 Å². The first-order valence-electron chi connectivity index (χ1n) is 9.39. The smallest absolute Gasteiger partial charge is 0.344 e. The molecule has 0 saturated carbocycles. The number of amides is 1.